The van der Waals surface area contributed by atoms with Gasteiger partial charge in [0.2, 0.25) is 0 Å². The van der Waals surface area contributed by atoms with Crippen molar-refractivity contribution in [3.8, 4) is 11.3 Å². The molecule has 1 aromatic carbocycles. The van der Waals surface area contributed by atoms with Gasteiger partial charge < -0.3 is 0 Å². The monoisotopic (exact) mass is 283 g/mol. The van der Waals surface area contributed by atoms with Crippen LogP contribution in [0.1, 0.15) is 16.2 Å². The quantitative estimate of drug-likeness (QED) is 0.534. The maximum Gasteiger partial charge on any atom is 0.155 e. The second-order valence-corrected chi connectivity index (χ2v) is 4.70. The largest absolute Gasteiger partial charge is 0.298 e. The Morgan fingerprint density at radius 3 is 2.85 bits per heavy atom. The van der Waals surface area contributed by atoms with Crippen LogP contribution in [0.5, 0.6) is 0 Å². The second kappa shape index (κ2) is 4.98. The molecule has 0 aliphatic carbocycles. The van der Waals surface area contributed by atoms with E-state index in [4.69, 9.17) is 11.6 Å². The topological polar surface area (TPSA) is 55.7 Å². The van der Waals surface area contributed by atoms with Crippen LogP contribution in [0.3, 0.4) is 0 Å². The number of rotatable bonds is 2. The Bertz CT molecular complexity index is 812. The lowest BCUT2D eigenvalue weighted by molar-refractivity contribution is 0.112. The fourth-order valence-electron chi connectivity index (χ4n) is 2.18. The molecule has 20 heavy (non-hydrogen) atoms. The van der Waals surface area contributed by atoms with Gasteiger partial charge in [0.15, 0.2) is 6.29 Å². The summed E-state index contributed by atoms with van der Waals surface area (Å²) in [6.45, 7) is 1.74. The zero-order valence-electron chi connectivity index (χ0n) is 10.7. The van der Waals surface area contributed by atoms with Gasteiger partial charge in [-0.3, -0.25) is 9.78 Å². The number of aryl methyl sites for hydroxylation is 1. The molecule has 0 aliphatic heterocycles. The van der Waals surface area contributed by atoms with Gasteiger partial charge in [-0.2, -0.15) is 0 Å². The predicted octanol–water partition coefficient (Wildman–Crippen LogP) is 3.47. The van der Waals surface area contributed by atoms with Crippen LogP contribution in [0.25, 0.3) is 22.0 Å². The van der Waals surface area contributed by atoms with Crippen LogP contribution in [-0.4, -0.2) is 21.2 Å². The van der Waals surface area contributed by atoms with E-state index in [9.17, 15) is 4.79 Å². The number of pyridine rings is 1. The van der Waals surface area contributed by atoms with Crippen molar-refractivity contribution in [2.24, 2.45) is 0 Å². The first-order valence-electron chi connectivity index (χ1n) is 6.03. The smallest absolute Gasteiger partial charge is 0.155 e. The molecule has 98 valence electrons. The number of fused-ring (bicyclic) bond motifs is 1. The average molecular weight is 284 g/mol. The van der Waals surface area contributed by atoms with Crippen molar-refractivity contribution in [2.45, 2.75) is 6.92 Å². The first-order chi connectivity index (χ1) is 9.70. The highest BCUT2D eigenvalue weighted by atomic mass is 35.5. The Labute approximate surface area is 120 Å². The molecule has 5 heteroatoms. The summed E-state index contributed by atoms with van der Waals surface area (Å²) in [6, 6.07) is 7.71. The Hall–Kier alpha value is -2.33. The SMILES string of the molecule is Cc1nc(Cl)c(C=O)c(-c2cccc3ccncc23)n1. The van der Waals surface area contributed by atoms with E-state index in [1.807, 2.05) is 24.3 Å². The summed E-state index contributed by atoms with van der Waals surface area (Å²) >= 11 is 6.04. The van der Waals surface area contributed by atoms with Crippen molar-refractivity contribution in [3.05, 3.63) is 53.2 Å². The van der Waals surface area contributed by atoms with Crippen LogP contribution in [-0.2, 0) is 0 Å². The van der Waals surface area contributed by atoms with Crippen molar-refractivity contribution in [3.63, 3.8) is 0 Å². The van der Waals surface area contributed by atoms with E-state index in [2.05, 4.69) is 15.0 Å². The van der Waals surface area contributed by atoms with Crippen LogP contribution >= 0.6 is 11.6 Å². The lowest BCUT2D eigenvalue weighted by Crippen LogP contribution is -1.99. The lowest BCUT2D eigenvalue weighted by atomic mass is 10.0. The highest BCUT2D eigenvalue weighted by molar-refractivity contribution is 6.32. The van der Waals surface area contributed by atoms with Crippen molar-refractivity contribution in [2.75, 3.05) is 0 Å². The Kier molecular flexibility index (Phi) is 3.16. The van der Waals surface area contributed by atoms with Crippen LogP contribution in [0, 0.1) is 6.92 Å². The molecule has 0 saturated heterocycles. The summed E-state index contributed by atoms with van der Waals surface area (Å²) in [5.41, 5.74) is 1.66. The minimum atomic E-state index is 0.170. The van der Waals surface area contributed by atoms with Gasteiger partial charge >= 0.3 is 0 Å². The fourth-order valence-corrected chi connectivity index (χ4v) is 2.43. The van der Waals surface area contributed by atoms with Gasteiger partial charge in [0.1, 0.15) is 11.0 Å². The maximum absolute atomic E-state index is 11.3. The molecule has 2 heterocycles. The molecule has 0 N–H and O–H groups in total. The van der Waals surface area contributed by atoms with Gasteiger partial charge in [0.25, 0.3) is 0 Å². The van der Waals surface area contributed by atoms with Gasteiger partial charge in [0, 0.05) is 23.3 Å². The molecular weight excluding hydrogens is 274 g/mol. The predicted molar refractivity (Wildman–Crippen MR) is 77.9 cm³/mol. The summed E-state index contributed by atoms with van der Waals surface area (Å²) in [4.78, 5) is 23.8. The third kappa shape index (κ3) is 2.04. The molecular formula is C15H10ClN3O. The van der Waals surface area contributed by atoms with Crippen LogP contribution in [0.4, 0.5) is 0 Å². The van der Waals surface area contributed by atoms with Gasteiger partial charge in [-0.05, 0) is 18.4 Å². The molecule has 0 aliphatic rings. The summed E-state index contributed by atoms with van der Waals surface area (Å²) in [7, 11) is 0. The van der Waals surface area contributed by atoms with E-state index < -0.39 is 0 Å². The molecule has 0 saturated carbocycles. The molecule has 0 bridgehead atoms. The van der Waals surface area contributed by atoms with Crippen molar-refractivity contribution in [1.82, 2.24) is 15.0 Å². The first-order valence-corrected chi connectivity index (χ1v) is 6.41. The van der Waals surface area contributed by atoms with Gasteiger partial charge in [-0.25, -0.2) is 9.97 Å². The second-order valence-electron chi connectivity index (χ2n) is 4.34. The molecule has 0 atom stereocenters. The number of nitrogens with zero attached hydrogens (tertiary/aromatic N) is 3. The molecule has 0 unspecified atom stereocenters. The van der Waals surface area contributed by atoms with Crippen LogP contribution in [0.2, 0.25) is 5.15 Å². The number of carbonyl (C=O) groups excluding carboxylic acids is 1. The molecule has 0 radical (unpaired) electrons. The van der Waals surface area contributed by atoms with E-state index in [0.717, 1.165) is 16.3 Å². The number of benzene rings is 1. The molecule has 3 rings (SSSR count). The number of aldehydes is 1. The maximum atomic E-state index is 11.3. The molecule has 0 amide bonds. The third-order valence-corrected chi connectivity index (χ3v) is 3.36. The van der Waals surface area contributed by atoms with E-state index in [1.54, 1.807) is 19.3 Å². The zero-order chi connectivity index (χ0) is 14.1. The Balaban J connectivity index is 2.39. The van der Waals surface area contributed by atoms with Gasteiger partial charge in [0.05, 0.1) is 11.3 Å². The van der Waals surface area contributed by atoms with E-state index >= 15 is 0 Å². The minimum absolute atomic E-state index is 0.170. The Morgan fingerprint density at radius 1 is 1.20 bits per heavy atom. The standard InChI is InChI=1S/C15H10ClN3O/c1-9-18-14(13(8-20)15(16)19-9)11-4-2-3-10-5-6-17-7-12(10)11/h2-8H,1H3. The van der Waals surface area contributed by atoms with Crippen LogP contribution < -0.4 is 0 Å². The van der Waals surface area contributed by atoms with Crippen LogP contribution in [0.15, 0.2) is 36.7 Å². The molecule has 2 aromatic heterocycles. The van der Waals surface area contributed by atoms with E-state index in [1.165, 1.54) is 0 Å². The molecule has 0 fully saturated rings. The van der Waals surface area contributed by atoms with Crippen molar-refractivity contribution in [1.29, 1.82) is 0 Å². The number of aromatic nitrogens is 3. The summed E-state index contributed by atoms with van der Waals surface area (Å²) in [6.07, 6.45) is 4.17. The normalized spacial score (nSPS) is 10.7. The Morgan fingerprint density at radius 2 is 2.05 bits per heavy atom. The fraction of sp³-hybridized carbons (Fsp3) is 0.0667. The van der Waals surface area contributed by atoms with Gasteiger partial charge in [-0.15, -0.1) is 0 Å². The molecule has 0 spiro atoms. The third-order valence-electron chi connectivity index (χ3n) is 3.07. The van der Waals surface area contributed by atoms with E-state index in [-0.39, 0.29) is 5.15 Å². The summed E-state index contributed by atoms with van der Waals surface area (Å²) in [5.74, 6) is 0.525. The minimum Gasteiger partial charge on any atom is -0.298 e. The number of hydrogen-bond donors (Lipinski definition) is 0. The molecule has 3 aromatic rings. The average Bonchev–Trinajstić information content (AvgIpc) is 2.46. The number of halogens is 1. The van der Waals surface area contributed by atoms with Crippen molar-refractivity contribution < 1.29 is 4.79 Å². The van der Waals surface area contributed by atoms with Crippen molar-refractivity contribution >= 4 is 28.7 Å². The number of carbonyl (C=O) groups is 1. The zero-order valence-corrected chi connectivity index (χ0v) is 11.4. The highest BCUT2D eigenvalue weighted by Crippen LogP contribution is 2.30. The molecule has 4 nitrogen and oxygen atoms in total. The lowest BCUT2D eigenvalue weighted by Gasteiger charge is -2.09. The summed E-state index contributed by atoms with van der Waals surface area (Å²) < 4.78 is 0. The van der Waals surface area contributed by atoms with E-state index in [0.29, 0.717) is 23.4 Å². The summed E-state index contributed by atoms with van der Waals surface area (Å²) in [5, 5.41) is 2.12. The first kappa shape index (κ1) is 12.7. The van der Waals surface area contributed by atoms with Gasteiger partial charge in [-0.1, -0.05) is 29.8 Å². The highest BCUT2D eigenvalue weighted by Gasteiger charge is 2.15. The number of hydrogen-bond acceptors (Lipinski definition) is 4.